The highest BCUT2D eigenvalue weighted by atomic mass is 31.2. The summed E-state index contributed by atoms with van der Waals surface area (Å²) >= 11 is 0. The van der Waals surface area contributed by atoms with Crippen LogP contribution in [0.4, 0.5) is 0 Å². The number of esters is 1. The van der Waals surface area contributed by atoms with Crippen molar-refractivity contribution in [3.63, 3.8) is 0 Å². The molecule has 0 fully saturated rings. The number of allylic oxidation sites excluding steroid dienone is 10. The van der Waals surface area contributed by atoms with Crippen LogP contribution in [-0.2, 0) is 27.9 Å². The number of phosphoric acid groups is 1. The number of hydrogen-bond acceptors (Lipinski definition) is 7. The highest BCUT2D eigenvalue weighted by Gasteiger charge is 2.20. The summed E-state index contributed by atoms with van der Waals surface area (Å²) in [6.07, 6.45) is 66.9. The molecule has 2 unspecified atom stereocenters. The predicted octanol–water partition coefficient (Wildman–Crippen LogP) is 17.4. The van der Waals surface area contributed by atoms with Crippen LogP contribution in [-0.4, -0.2) is 70.7 Å². The quantitative estimate of drug-likeness (QED) is 0.0197. The lowest BCUT2D eigenvalue weighted by molar-refractivity contribution is -0.870. The summed E-state index contributed by atoms with van der Waals surface area (Å²) < 4.78 is 34.8. The second kappa shape index (κ2) is 51.6. The molecule has 0 amide bonds. The van der Waals surface area contributed by atoms with Crippen LogP contribution in [0.3, 0.4) is 0 Å². The molecule has 0 radical (unpaired) electrons. The van der Waals surface area contributed by atoms with E-state index in [4.69, 9.17) is 18.5 Å². The van der Waals surface area contributed by atoms with Gasteiger partial charge < -0.3 is 27.9 Å². The van der Waals surface area contributed by atoms with Gasteiger partial charge in [-0.15, -0.1) is 0 Å². The van der Waals surface area contributed by atoms with Gasteiger partial charge in [0.2, 0.25) is 0 Å². The Morgan fingerprint density at radius 3 is 1.28 bits per heavy atom. The maximum absolute atomic E-state index is 12.8. The van der Waals surface area contributed by atoms with Crippen molar-refractivity contribution >= 4 is 13.8 Å². The number of carbonyl (C=O) groups excluding carboxylic acids is 1. The lowest BCUT2D eigenvalue weighted by Crippen LogP contribution is -2.37. The van der Waals surface area contributed by atoms with Gasteiger partial charge in [-0.3, -0.25) is 9.36 Å². The first-order valence-electron chi connectivity index (χ1n) is 28.5. The number of quaternary nitrogens is 1. The SMILES string of the molecule is CC/C=C\C/C=C\C/C=C\C/C=C\C/C=C\CCCCCCCCOCC(COP(=O)([O-])OCC[N+](C)(C)C)OC(=O)CCCCCCCCCCCCCCCCCCCCCCCCCC. The standard InChI is InChI=1S/C59H110NO7P/c1-6-8-10-12-14-16-18-20-22-24-26-28-30-31-32-34-36-38-40-42-44-46-48-50-52-59(61)67-58(57-66-68(62,63)65-55-53-60(3,4)5)56-64-54-51-49-47-45-43-41-39-37-35-33-29-27-25-23-21-19-17-15-13-11-9-7-2/h9,11,15,17,21,23,27,29,35,37,58H,6-8,10,12-14,16,18-20,22,24-26,28,30-34,36,38-57H2,1-5H3/b11-9-,17-15-,23-21-,29-27-,37-35-. The first kappa shape index (κ1) is 66.2. The van der Waals surface area contributed by atoms with Gasteiger partial charge >= 0.3 is 5.97 Å². The number of unbranched alkanes of at least 4 members (excludes halogenated alkanes) is 29. The van der Waals surface area contributed by atoms with Gasteiger partial charge in [-0.05, 0) is 57.8 Å². The molecule has 2 atom stereocenters. The average Bonchev–Trinajstić information content (AvgIpc) is 3.30. The van der Waals surface area contributed by atoms with Gasteiger partial charge in [0, 0.05) is 13.0 Å². The fraction of sp³-hybridized carbons (Fsp3) is 0.814. The molecule has 0 aliphatic heterocycles. The molecule has 398 valence electrons. The molecule has 0 aromatic heterocycles. The summed E-state index contributed by atoms with van der Waals surface area (Å²) in [4.78, 5) is 25.3. The van der Waals surface area contributed by atoms with E-state index in [1.54, 1.807) is 0 Å². The normalized spacial score (nSPS) is 13.9. The van der Waals surface area contributed by atoms with E-state index in [2.05, 4.69) is 74.6 Å². The smallest absolute Gasteiger partial charge is 0.306 e. The van der Waals surface area contributed by atoms with Gasteiger partial charge in [-0.2, -0.15) is 0 Å². The summed E-state index contributed by atoms with van der Waals surface area (Å²) in [5.41, 5.74) is 0. The third-order valence-electron chi connectivity index (χ3n) is 12.3. The second-order valence-electron chi connectivity index (χ2n) is 20.3. The van der Waals surface area contributed by atoms with Crippen molar-refractivity contribution in [1.82, 2.24) is 0 Å². The predicted molar refractivity (Wildman–Crippen MR) is 291 cm³/mol. The molecule has 0 rings (SSSR count). The van der Waals surface area contributed by atoms with Gasteiger partial charge in [0.05, 0.1) is 34.4 Å². The van der Waals surface area contributed by atoms with Crippen LogP contribution in [0.2, 0.25) is 0 Å². The van der Waals surface area contributed by atoms with E-state index in [-0.39, 0.29) is 25.8 Å². The molecule has 0 spiro atoms. The van der Waals surface area contributed by atoms with Gasteiger partial charge in [0.25, 0.3) is 7.82 Å². The van der Waals surface area contributed by atoms with Crippen LogP contribution in [0.1, 0.15) is 251 Å². The molecule has 68 heavy (non-hydrogen) atoms. The molecule has 9 heteroatoms. The zero-order chi connectivity index (χ0) is 49.8. The molecule has 0 aromatic carbocycles. The largest absolute Gasteiger partial charge is 0.756 e. The second-order valence-corrected chi connectivity index (χ2v) is 21.7. The molecule has 0 bridgehead atoms. The molecule has 0 N–H and O–H groups in total. The fourth-order valence-electron chi connectivity index (χ4n) is 7.99. The van der Waals surface area contributed by atoms with E-state index >= 15 is 0 Å². The van der Waals surface area contributed by atoms with Crippen molar-refractivity contribution in [1.29, 1.82) is 0 Å². The highest BCUT2D eigenvalue weighted by Crippen LogP contribution is 2.38. The maximum Gasteiger partial charge on any atom is 0.306 e. The zero-order valence-corrected chi connectivity index (χ0v) is 46.2. The summed E-state index contributed by atoms with van der Waals surface area (Å²) in [5, 5.41) is 0. The monoisotopic (exact) mass is 976 g/mol. The Labute approximate surface area is 421 Å². The molecular formula is C59H110NO7P. The number of nitrogens with zero attached hydrogens (tertiary/aromatic N) is 1. The summed E-state index contributed by atoms with van der Waals surface area (Å²) in [6.45, 7) is 5.30. The molecular weight excluding hydrogens is 866 g/mol. The third-order valence-corrected chi connectivity index (χ3v) is 13.3. The van der Waals surface area contributed by atoms with Crippen molar-refractivity contribution in [2.24, 2.45) is 0 Å². The van der Waals surface area contributed by atoms with E-state index in [0.717, 1.165) is 77.0 Å². The Balaban J connectivity index is 4.10. The van der Waals surface area contributed by atoms with Crippen molar-refractivity contribution < 1.29 is 37.3 Å². The van der Waals surface area contributed by atoms with E-state index < -0.39 is 13.9 Å². The number of ether oxygens (including phenoxy) is 2. The Hall–Kier alpha value is -1.80. The lowest BCUT2D eigenvalue weighted by Gasteiger charge is -2.28. The lowest BCUT2D eigenvalue weighted by atomic mass is 10.0. The van der Waals surface area contributed by atoms with Gasteiger partial charge in [-0.25, -0.2) is 0 Å². The van der Waals surface area contributed by atoms with Gasteiger partial charge in [0.1, 0.15) is 19.3 Å². The van der Waals surface area contributed by atoms with Crippen molar-refractivity contribution in [2.75, 3.05) is 54.1 Å². The molecule has 0 aliphatic rings. The Morgan fingerprint density at radius 2 is 0.853 bits per heavy atom. The van der Waals surface area contributed by atoms with Crippen LogP contribution >= 0.6 is 7.82 Å². The number of likely N-dealkylation sites (N-methyl/N-ethyl adjacent to an activating group) is 1. The summed E-state index contributed by atoms with van der Waals surface area (Å²) in [6, 6.07) is 0. The topological polar surface area (TPSA) is 94.1 Å². The Kier molecular flexibility index (Phi) is 50.2. The zero-order valence-electron chi connectivity index (χ0n) is 45.3. The minimum atomic E-state index is -4.54. The number of rotatable bonds is 53. The van der Waals surface area contributed by atoms with Crippen molar-refractivity contribution in [2.45, 2.75) is 258 Å². The minimum absolute atomic E-state index is 0.0220. The first-order chi connectivity index (χ1) is 33.1. The van der Waals surface area contributed by atoms with E-state index in [1.807, 2.05) is 21.1 Å². The van der Waals surface area contributed by atoms with E-state index in [9.17, 15) is 14.3 Å². The number of phosphoric ester groups is 1. The Morgan fingerprint density at radius 1 is 0.471 bits per heavy atom. The molecule has 0 heterocycles. The van der Waals surface area contributed by atoms with Crippen LogP contribution in [0.15, 0.2) is 60.8 Å². The highest BCUT2D eigenvalue weighted by molar-refractivity contribution is 7.45. The van der Waals surface area contributed by atoms with E-state index in [0.29, 0.717) is 24.1 Å². The van der Waals surface area contributed by atoms with Crippen molar-refractivity contribution in [3.05, 3.63) is 60.8 Å². The molecule has 0 saturated heterocycles. The molecule has 8 nitrogen and oxygen atoms in total. The molecule has 0 saturated carbocycles. The van der Waals surface area contributed by atoms with Crippen LogP contribution in [0.25, 0.3) is 0 Å². The Bertz CT molecular complexity index is 1270. The van der Waals surface area contributed by atoms with Crippen LogP contribution in [0.5, 0.6) is 0 Å². The van der Waals surface area contributed by atoms with Gasteiger partial charge in [-0.1, -0.05) is 248 Å². The molecule has 0 aliphatic carbocycles. The van der Waals surface area contributed by atoms with E-state index in [1.165, 1.54) is 154 Å². The van der Waals surface area contributed by atoms with Crippen LogP contribution in [0, 0.1) is 0 Å². The third kappa shape index (κ3) is 55.1. The van der Waals surface area contributed by atoms with Gasteiger partial charge in [0.15, 0.2) is 0 Å². The number of carbonyl (C=O) groups is 1. The van der Waals surface area contributed by atoms with Crippen LogP contribution < -0.4 is 4.89 Å². The fourth-order valence-corrected chi connectivity index (χ4v) is 8.72. The summed E-state index contributed by atoms with van der Waals surface area (Å²) in [5.74, 6) is -0.336. The number of hydrogen-bond donors (Lipinski definition) is 0. The minimum Gasteiger partial charge on any atom is -0.756 e. The van der Waals surface area contributed by atoms with Crippen molar-refractivity contribution in [3.8, 4) is 0 Å². The summed E-state index contributed by atoms with van der Waals surface area (Å²) in [7, 11) is 1.35. The first-order valence-corrected chi connectivity index (χ1v) is 30.0. The maximum atomic E-state index is 12.8. The molecule has 0 aromatic rings. The average molecular weight is 977 g/mol.